The molecule has 6 nitrogen and oxygen atoms in total. The summed E-state index contributed by atoms with van der Waals surface area (Å²) < 4.78 is 6.51. The summed E-state index contributed by atoms with van der Waals surface area (Å²) in [5.41, 5.74) is 3.87. The van der Waals surface area contributed by atoms with Gasteiger partial charge in [0, 0.05) is 20.5 Å². The van der Waals surface area contributed by atoms with Crippen LogP contribution in [0.5, 0.6) is 0 Å². The minimum absolute atomic E-state index is 0.347. The number of nitrogens with one attached hydrogen (secondary N) is 2. The third-order valence-electron chi connectivity index (χ3n) is 4.55. The Labute approximate surface area is 183 Å². The maximum Gasteiger partial charge on any atom is 0.338 e. The Kier molecular flexibility index (Phi) is 6.68. The molecule has 0 aliphatic carbocycles. The van der Waals surface area contributed by atoms with Crippen molar-refractivity contribution in [2.75, 3.05) is 5.32 Å². The Bertz CT molecular complexity index is 991. The van der Waals surface area contributed by atoms with E-state index in [1.54, 1.807) is 31.2 Å². The summed E-state index contributed by atoms with van der Waals surface area (Å²) in [6.07, 6.45) is -0.484. The van der Waals surface area contributed by atoms with Crippen LogP contribution in [-0.2, 0) is 9.53 Å². The highest BCUT2D eigenvalue weighted by Gasteiger charge is 2.22. The molecule has 0 radical (unpaired) electrons. The Morgan fingerprint density at radius 2 is 1.76 bits per heavy atom. The molecule has 0 saturated heterocycles. The van der Waals surface area contributed by atoms with Crippen LogP contribution in [0.15, 0.2) is 48.5 Å². The normalized spacial score (nSPS) is 11.7. The molecule has 3 rings (SSSR count). The lowest BCUT2D eigenvalue weighted by Crippen LogP contribution is -2.32. The molecule has 1 aromatic heterocycles. The number of aryl methyl sites for hydroxylation is 2. The number of rotatable bonds is 6. The SMILES string of the molecule is CCC(OC(=O)c1ccc(-c2nc(C)c(C)[nH]2)cc1)C(=O)Nc1ccc(I)cc1. The molecule has 0 bridgehead atoms. The van der Waals surface area contributed by atoms with E-state index in [2.05, 4.69) is 37.9 Å². The van der Waals surface area contributed by atoms with Gasteiger partial charge >= 0.3 is 5.97 Å². The van der Waals surface area contributed by atoms with E-state index in [-0.39, 0.29) is 5.91 Å². The molecule has 2 N–H and O–H groups in total. The van der Waals surface area contributed by atoms with Crippen LogP contribution < -0.4 is 5.32 Å². The van der Waals surface area contributed by atoms with Crippen molar-refractivity contribution in [2.24, 2.45) is 0 Å². The van der Waals surface area contributed by atoms with E-state index in [1.807, 2.05) is 38.1 Å². The maximum absolute atomic E-state index is 12.5. The Morgan fingerprint density at radius 3 is 2.31 bits per heavy atom. The average Bonchev–Trinajstić information content (AvgIpc) is 3.06. The number of hydrogen-bond donors (Lipinski definition) is 2. The van der Waals surface area contributed by atoms with Gasteiger partial charge in [0.1, 0.15) is 5.82 Å². The molecule has 2 aromatic carbocycles. The molecule has 0 fully saturated rings. The number of hydrogen-bond acceptors (Lipinski definition) is 4. The number of carbonyl (C=O) groups excluding carboxylic acids is 2. The summed E-state index contributed by atoms with van der Waals surface area (Å²) in [5, 5.41) is 2.78. The van der Waals surface area contributed by atoms with Gasteiger partial charge in [0.15, 0.2) is 6.10 Å². The summed E-state index contributed by atoms with van der Waals surface area (Å²) in [6.45, 7) is 5.70. The molecular formula is C22H22IN3O3. The van der Waals surface area contributed by atoms with Gasteiger partial charge in [-0.15, -0.1) is 0 Å². The zero-order valence-corrected chi connectivity index (χ0v) is 18.6. The molecule has 0 aliphatic heterocycles. The second-order valence-electron chi connectivity index (χ2n) is 6.67. The molecule has 0 spiro atoms. The first-order valence-electron chi connectivity index (χ1n) is 9.28. The number of nitrogens with zero attached hydrogens (tertiary/aromatic N) is 1. The number of benzene rings is 2. The lowest BCUT2D eigenvalue weighted by Gasteiger charge is -2.16. The Morgan fingerprint density at radius 1 is 1.10 bits per heavy atom. The fraction of sp³-hybridized carbons (Fsp3) is 0.227. The van der Waals surface area contributed by atoms with Crippen LogP contribution in [0.25, 0.3) is 11.4 Å². The highest BCUT2D eigenvalue weighted by atomic mass is 127. The summed E-state index contributed by atoms with van der Waals surface area (Å²) in [5.74, 6) is -0.128. The molecule has 1 heterocycles. The molecule has 3 aromatic rings. The largest absolute Gasteiger partial charge is 0.449 e. The standard InChI is InChI=1S/C22H22IN3O3/c1-4-19(21(27)26-18-11-9-17(23)10-12-18)29-22(28)16-7-5-15(6-8-16)20-24-13(2)14(3)25-20/h5-12,19H,4H2,1-3H3,(H,24,25)(H,26,27). The number of anilines is 1. The second kappa shape index (κ2) is 9.21. The van der Waals surface area contributed by atoms with Crippen LogP contribution in [0.1, 0.15) is 35.1 Å². The van der Waals surface area contributed by atoms with Gasteiger partial charge in [-0.1, -0.05) is 19.1 Å². The van der Waals surface area contributed by atoms with Crippen LogP contribution in [0, 0.1) is 17.4 Å². The number of esters is 1. The Balaban J connectivity index is 1.65. The minimum atomic E-state index is -0.864. The zero-order valence-electron chi connectivity index (χ0n) is 16.5. The van der Waals surface area contributed by atoms with Crippen molar-refractivity contribution in [1.82, 2.24) is 9.97 Å². The molecule has 0 aliphatic rings. The first-order chi connectivity index (χ1) is 13.9. The molecule has 1 atom stereocenters. The molecule has 1 amide bonds. The van der Waals surface area contributed by atoms with Crippen molar-refractivity contribution in [2.45, 2.75) is 33.3 Å². The number of H-pyrrole nitrogens is 1. The summed E-state index contributed by atoms with van der Waals surface area (Å²) >= 11 is 2.19. The molecule has 29 heavy (non-hydrogen) atoms. The monoisotopic (exact) mass is 503 g/mol. The fourth-order valence-corrected chi connectivity index (χ4v) is 3.08. The topological polar surface area (TPSA) is 84.1 Å². The number of halogens is 1. The van der Waals surface area contributed by atoms with Gasteiger partial charge in [0.25, 0.3) is 5.91 Å². The number of imidazole rings is 1. The number of aromatic amines is 1. The Hall–Kier alpha value is -2.68. The van der Waals surface area contributed by atoms with Crippen molar-refractivity contribution < 1.29 is 14.3 Å². The number of carbonyl (C=O) groups is 2. The van der Waals surface area contributed by atoms with Gasteiger partial charge < -0.3 is 15.0 Å². The first-order valence-corrected chi connectivity index (χ1v) is 10.4. The predicted octanol–water partition coefficient (Wildman–Crippen LogP) is 4.87. The molecule has 7 heteroatoms. The average molecular weight is 503 g/mol. The number of aromatic nitrogens is 2. The van der Waals surface area contributed by atoms with E-state index < -0.39 is 12.1 Å². The van der Waals surface area contributed by atoms with Crippen LogP contribution >= 0.6 is 22.6 Å². The van der Waals surface area contributed by atoms with Crippen molar-refractivity contribution in [1.29, 1.82) is 0 Å². The zero-order chi connectivity index (χ0) is 21.0. The maximum atomic E-state index is 12.5. The van der Waals surface area contributed by atoms with Crippen LogP contribution in [-0.4, -0.2) is 27.9 Å². The third kappa shape index (κ3) is 5.23. The van der Waals surface area contributed by atoms with Crippen LogP contribution in [0.2, 0.25) is 0 Å². The van der Waals surface area contributed by atoms with Gasteiger partial charge in [0.2, 0.25) is 0 Å². The quantitative estimate of drug-likeness (QED) is 0.372. The van der Waals surface area contributed by atoms with Crippen molar-refractivity contribution >= 4 is 40.2 Å². The second-order valence-corrected chi connectivity index (χ2v) is 7.92. The highest BCUT2D eigenvalue weighted by Crippen LogP contribution is 2.19. The molecule has 0 saturated carbocycles. The highest BCUT2D eigenvalue weighted by molar-refractivity contribution is 14.1. The lowest BCUT2D eigenvalue weighted by atomic mass is 10.1. The fourth-order valence-electron chi connectivity index (χ4n) is 2.72. The summed E-state index contributed by atoms with van der Waals surface area (Å²) in [6, 6.07) is 14.4. The van der Waals surface area contributed by atoms with Crippen molar-refractivity contribution in [3.05, 3.63) is 69.1 Å². The van der Waals surface area contributed by atoms with Crippen LogP contribution in [0.4, 0.5) is 5.69 Å². The third-order valence-corrected chi connectivity index (χ3v) is 5.27. The number of amides is 1. The first kappa shape index (κ1) is 21.0. The van der Waals surface area contributed by atoms with E-state index >= 15 is 0 Å². The van der Waals surface area contributed by atoms with Gasteiger partial charge in [-0.25, -0.2) is 9.78 Å². The summed E-state index contributed by atoms with van der Waals surface area (Å²) in [7, 11) is 0. The van der Waals surface area contributed by atoms with Gasteiger partial charge in [-0.2, -0.15) is 0 Å². The minimum Gasteiger partial charge on any atom is -0.449 e. The smallest absolute Gasteiger partial charge is 0.338 e. The lowest BCUT2D eigenvalue weighted by molar-refractivity contribution is -0.124. The van der Waals surface area contributed by atoms with Gasteiger partial charge in [-0.3, -0.25) is 4.79 Å². The predicted molar refractivity (Wildman–Crippen MR) is 121 cm³/mol. The van der Waals surface area contributed by atoms with Gasteiger partial charge in [-0.05, 0) is 79.3 Å². The van der Waals surface area contributed by atoms with E-state index in [0.717, 1.165) is 26.3 Å². The van der Waals surface area contributed by atoms with Crippen molar-refractivity contribution in [3.8, 4) is 11.4 Å². The van der Waals surface area contributed by atoms with E-state index in [0.29, 0.717) is 17.7 Å². The molecular weight excluding hydrogens is 481 g/mol. The van der Waals surface area contributed by atoms with E-state index in [4.69, 9.17) is 4.74 Å². The van der Waals surface area contributed by atoms with Gasteiger partial charge in [0.05, 0.1) is 11.3 Å². The van der Waals surface area contributed by atoms with E-state index in [1.165, 1.54) is 0 Å². The van der Waals surface area contributed by atoms with Crippen molar-refractivity contribution in [3.63, 3.8) is 0 Å². The van der Waals surface area contributed by atoms with Crippen LogP contribution in [0.3, 0.4) is 0 Å². The van der Waals surface area contributed by atoms with E-state index in [9.17, 15) is 9.59 Å². The molecule has 1 unspecified atom stereocenters. The number of ether oxygens (including phenoxy) is 1. The summed E-state index contributed by atoms with van der Waals surface area (Å²) in [4.78, 5) is 32.6. The molecule has 150 valence electrons.